The molecule has 0 spiro atoms. The van der Waals surface area contributed by atoms with Gasteiger partial charge in [0.05, 0.1) is 15.4 Å². The number of halogens is 1. The van der Waals surface area contributed by atoms with Crippen LogP contribution in [0.4, 0.5) is 10.1 Å². The lowest BCUT2D eigenvalue weighted by molar-refractivity contribution is -0.385. The van der Waals surface area contributed by atoms with Gasteiger partial charge in [0.25, 0.3) is 5.69 Å². The summed E-state index contributed by atoms with van der Waals surface area (Å²) in [5, 5.41) is 11.4. The molecule has 8 heteroatoms. The zero-order chi connectivity index (χ0) is 18.9. The molecular weight excluding hydrogens is 359 g/mol. The number of hydrogen-bond acceptors (Lipinski definition) is 4. The van der Waals surface area contributed by atoms with Crippen molar-refractivity contribution in [3.63, 3.8) is 0 Å². The standard InChI is InChI=1S/C18H17FN2O4S/c1-18(10-11-18)20-26(24,25)16-9-6-14(17(12-16)21(22)23)5-2-13-3-7-15(19)8-4-13/h2-9,12,20H,10-11H2,1H3. The fourth-order valence-electron chi connectivity index (χ4n) is 2.42. The average molecular weight is 376 g/mol. The highest BCUT2D eigenvalue weighted by Crippen LogP contribution is 2.36. The Balaban J connectivity index is 1.92. The summed E-state index contributed by atoms with van der Waals surface area (Å²) in [7, 11) is -3.82. The molecule has 0 heterocycles. The van der Waals surface area contributed by atoms with Crippen molar-refractivity contribution in [3.05, 3.63) is 69.5 Å². The van der Waals surface area contributed by atoms with E-state index in [9.17, 15) is 22.9 Å². The second kappa shape index (κ2) is 6.62. The minimum Gasteiger partial charge on any atom is -0.258 e. The molecule has 1 aliphatic rings. The second-order valence-electron chi connectivity index (χ2n) is 6.53. The third kappa shape index (κ3) is 4.14. The Labute approximate surface area is 150 Å². The van der Waals surface area contributed by atoms with Gasteiger partial charge in [-0.15, -0.1) is 0 Å². The molecule has 26 heavy (non-hydrogen) atoms. The summed E-state index contributed by atoms with van der Waals surface area (Å²) in [5.41, 5.74) is 0.151. The van der Waals surface area contributed by atoms with Crippen LogP contribution in [-0.4, -0.2) is 18.9 Å². The fourth-order valence-corrected chi connectivity index (χ4v) is 3.91. The maximum atomic E-state index is 12.9. The van der Waals surface area contributed by atoms with Crippen molar-refractivity contribution in [2.75, 3.05) is 0 Å². The Bertz CT molecular complexity index is 981. The van der Waals surface area contributed by atoms with Crippen LogP contribution < -0.4 is 4.72 Å². The Morgan fingerprint density at radius 1 is 1.15 bits per heavy atom. The summed E-state index contributed by atoms with van der Waals surface area (Å²) >= 11 is 0. The molecule has 1 fully saturated rings. The number of nitrogens with one attached hydrogen (secondary N) is 1. The van der Waals surface area contributed by atoms with Crippen LogP contribution in [0.1, 0.15) is 30.9 Å². The first-order valence-electron chi connectivity index (χ1n) is 7.95. The normalized spacial score (nSPS) is 15.9. The van der Waals surface area contributed by atoms with Crippen molar-refractivity contribution in [1.29, 1.82) is 0 Å². The van der Waals surface area contributed by atoms with Crippen LogP contribution in [0.2, 0.25) is 0 Å². The predicted octanol–water partition coefficient (Wildman–Crippen LogP) is 3.74. The van der Waals surface area contributed by atoms with E-state index in [0.717, 1.165) is 18.9 Å². The van der Waals surface area contributed by atoms with Crippen LogP contribution in [0.15, 0.2) is 47.4 Å². The summed E-state index contributed by atoms with van der Waals surface area (Å²) in [6.45, 7) is 1.79. The van der Waals surface area contributed by atoms with Gasteiger partial charge in [0.15, 0.2) is 0 Å². The first-order chi connectivity index (χ1) is 12.2. The van der Waals surface area contributed by atoms with Gasteiger partial charge in [-0.25, -0.2) is 17.5 Å². The summed E-state index contributed by atoms with van der Waals surface area (Å²) in [4.78, 5) is 10.6. The van der Waals surface area contributed by atoms with Crippen LogP contribution in [0.5, 0.6) is 0 Å². The minimum absolute atomic E-state index is 0.142. The molecule has 0 radical (unpaired) electrons. The highest BCUT2D eigenvalue weighted by Gasteiger charge is 2.41. The monoisotopic (exact) mass is 376 g/mol. The Morgan fingerprint density at radius 3 is 2.38 bits per heavy atom. The molecule has 1 saturated carbocycles. The quantitative estimate of drug-likeness (QED) is 0.472. The van der Waals surface area contributed by atoms with E-state index in [1.54, 1.807) is 13.0 Å². The first-order valence-corrected chi connectivity index (χ1v) is 9.43. The van der Waals surface area contributed by atoms with Gasteiger partial charge in [0, 0.05) is 11.6 Å². The van der Waals surface area contributed by atoms with Gasteiger partial charge in [-0.2, -0.15) is 0 Å². The van der Waals surface area contributed by atoms with Crippen LogP contribution in [-0.2, 0) is 10.0 Å². The predicted molar refractivity (Wildman–Crippen MR) is 96.4 cm³/mol. The molecule has 1 aliphatic carbocycles. The smallest absolute Gasteiger partial charge is 0.258 e. The molecule has 2 aromatic rings. The maximum Gasteiger partial charge on any atom is 0.277 e. The molecule has 136 valence electrons. The van der Waals surface area contributed by atoms with E-state index >= 15 is 0 Å². The molecule has 6 nitrogen and oxygen atoms in total. The van der Waals surface area contributed by atoms with Crippen molar-refractivity contribution >= 4 is 27.9 Å². The number of rotatable bonds is 6. The van der Waals surface area contributed by atoms with Gasteiger partial charge in [0.2, 0.25) is 10.0 Å². The van der Waals surface area contributed by atoms with Crippen molar-refractivity contribution in [1.82, 2.24) is 4.72 Å². The Kier molecular flexibility index (Phi) is 4.64. The molecule has 0 bridgehead atoms. The minimum atomic E-state index is -3.82. The van der Waals surface area contributed by atoms with Crippen molar-refractivity contribution in [3.8, 4) is 0 Å². The van der Waals surface area contributed by atoms with E-state index in [-0.39, 0.29) is 22.0 Å². The van der Waals surface area contributed by atoms with E-state index in [1.807, 2.05) is 0 Å². The molecule has 1 N–H and O–H groups in total. The van der Waals surface area contributed by atoms with E-state index in [4.69, 9.17) is 0 Å². The third-order valence-electron chi connectivity index (χ3n) is 4.22. The van der Waals surface area contributed by atoms with Gasteiger partial charge >= 0.3 is 0 Å². The highest BCUT2D eigenvalue weighted by molar-refractivity contribution is 7.89. The molecule has 3 rings (SSSR count). The zero-order valence-electron chi connectivity index (χ0n) is 14.0. The SMILES string of the molecule is CC1(NS(=O)(=O)c2ccc(C=Cc3ccc(F)cc3)c([N+](=O)[O-])c2)CC1. The molecule has 0 aliphatic heterocycles. The number of sulfonamides is 1. The van der Waals surface area contributed by atoms with Crippen LogP contribution in [0.3, 0.4) is 0 Å². The molecule has 0 aromatic heterocycles. The fraction of sp³-hybridized carbons (Fsp3) is 0.222. The molecule has 0 saturated heterocycles. The first kappa shape index (κ1) is 18.2. The molecular formula is C18H17FN2O4S. The van der Waals surface area contributed by atoms with E-state index in [2.05, 4.69) is 4.72 Å². The van der Waals surface area contributed by atoms with Gasteiger partial charge in [0.1, 0.15) is 5.82 Å². The number of hydrogen-bond donors (Lipinski definition) is 1. The van der Waals surface area contributed by atoms with E-state index in [1.165, 1.54) is 42.5 Å². The summed E-state index contributed by atoms with van der Waals surface area (Å²) in [5.74, 6) is -0.375. The molecule has 0 atom stereocenters. The van der Waals surface area contributed by atoms with Crippen molar-refractivity contribution in [2.45, 2.75) is 30.2 Å². The topological polar surface area (TPSA) is 89.3 Å². The lowest BCUT2D eigenvalue weighted by atomic mass is 10.1. The van der Waals surface area contributed by atoms with Gasteiger partial charge in [-0.1, -0.05) is 18.2 Å². The number of nitrogens with zero attached hydrogens (tertiary/aromatic N) is 1. The average Bonchev–Trinajstić information content (AvgIpc) is 3.30. The van der Waals surface area contributed by atoms with Crippen LogP contribution in [0, 0.1) is 15.9 Å². The number of nitro benzene ring substituents is 1. The Hall–Kier alpha value is -2.58. The second-order valence-corrected chi connectivity index (χ2v) is 8.21. The van der Waals surface area contributed by atoms with Gasteiger partial charge < -0.3 is 0 Å². The molecule has 0 unspecified atom stereocenters. The third-order valence-corrected chi connectivity index (χ3v) is 5.85. The van der Waals surface area contributed by atoms with Crippen LogP contribution in [0.25, 0.3) is 12.2 Å². The number of benzene rings is 2. The summed E-state index contributed by atoms with van der Waals surface area (Å²) in [6, 6.07) is 9.43. The largest absolute Gasteiger partial charge is 0.277 e. The summed E-state index contributed by atoms with van der Waals surface area (Å²) in [6.07, 6.45) is 4.58. The highest BCUT2D eigenvalue weighted by atomic mass is 32.2. The van der Waals surface area contributed by atoms with E-state index < -0.39 is 20.5 Å². The lowest BCUT2D eigenvalue weighted by Gasteiger charge is -2.12. The van der Waals surface area contributed by atoms with Crippen LogP contribution >= 0.6 is 0 Å². The zero-order valence-corrected chi connectivity index (χ0v) is 14.8. The molecule has 2 aromatic carbocycles. The van der Waals surface area contributed by atoms with Gasteiger partial charge in [-0.3, -0.25) is 10.1 Å². The van der Waals surface area contributed by atoms with Crippen molar-refractivity contribution in [2.24, 2.45) is 0 Å². The summed E-state index contributed by atoms with van der Waals surface area (Å²) < 4.78 is 40.3. The van der Waals surface area contributed by atoms with Gasteiger partial charge in [-0.05, 0) is 55.7 Å². The number of nitro groups is 1. The Morgan fingerprint density at radius 2 is 1.81 bits per heavy atom. The molecule has 0 amide bonds. The van der Waals surface area contributed by atoms with E-state index in [0.29, 0.717) is 5.56 Å². The lowest BCUT2D eigenvalue weighted by Crippen LogP contribution is -2.34. The van der Waals surface area contributed by atoms with Crippen molar-refractivity contribution < 1.29 is 17.7 Å². The maximum absolute atomic E-state index is 12.9.